The maximum Gasteiger partial charge on any atom is 0.272 e. The molecule has 0 aliphatic heterocycles. The minimum atomic E-state index is -1.04. The summed E-state index contributed by atoms with van der Waals surface area (Å²) in [5.41, 5.74) is 5.97. The van der Waals surface area contributed by atoms with Crippen molar-refractivity contribution in [2.75, 3.05) is 14.2 Å². The number of hydrogen-bond donors (Lipinski definition) is 2. The first kappa shape index (κ1) is 22.7. The third kappa shape index (κ3) is 4.49. The zero-order valence-electron chi connectivity index (χ0n) is 18.2. The highest BCUT2D eigenvalue weighted by Gasteiger charge is 2.17. The van der Waals surface area contributed by atoms with Crippen molar-refractivity contribution in [2.24, 2.45) is 0 Å². The number of para-hydroxylation sites is 1. The first-order valence-electron chi connectivity index (χ1n) is 10.1. The van der Waals surface area contributed by atoms with E-state index in [0.717, 1.165) is 12.1 Å². The van der Waals surface area contributed by atoms with Crippen LogP contribution in [0.2, 0.25) is 0 Å². The number of pyridine rings is 1. The van der Waals surface area contributed by atoms with Crippen molar-refractivity contribution >= 4 is 22.7 Å². The second kappa shape index (κ2) is 9.53. The molecule has 0 spiro atoms. The Morgan fingerprint density at radius 1 is 0.794 bits per heavy atom. The van der Waals surface area contributed by atoms with E-state index in [1.807, 2.05) is 0 Å². The van der Waals surface area contributed by atoms with Gasteiger partial charge in [-0.1, -0.05) is 18.2 Å². The second-order valence-corrected chi connectivity index (χ2v) is 7.17. The third-order valence-corrected chi connectivity index (χ3v) is 5.11. The van der Waals surface area contributed by atoms with Crippen LogP contribution >= 0.6 is 0 Å². The van der Waals surface area contributed by atoms with Crippen LogP contribution in [0.15, 0.2) is 66.7 Å². The van der Waals surface area contributed by atoms with Crippen molar-refractivity contribution in [3.8, 4) is 22.8 Å². The number of halogens is 2. The van der Waals surface area contributed by atoms with Gasteiger partial charge in [0.05, 0.1) is 36.6 Å². The van der Waals surface area contributed by atoms with Gasteiger partial charge in [-0.05, 0) is 42.5 Å². The van der Waals surface area contributed by atoms with E-state index in [1.54, 1.807) is 48.5 Å². The maximum atomic E-state index is 13.9. The predicted octanol–water partition coefficient (Wildman–Crippen LogP) is 4.27. The molecule has 0 unspecified atom stereocenters. The summed E-state index contributed by atoms with van der Waals surface area (Å²) in [5, 5.41) is 0.548. The Labute approximate surface area is 193 Å². The first-order valence-corrected chi connectivity index (χ1v) is 10.1. The summed E-state index contributed by atoms with van der Waals surface area (Å²) in [6.45, 7) is 0. The molecule has 4 aromatic rings. The minimum absolute atomic E-state index is 0.232. The molecule has 4 rings (SSSR count). The van der Waals surface area contributed by atoms with E-state index < -0.39 is 29.0 Å². The molecule has 3 aromatic carbocycles. The van der Waals surface area contributed by atoms with Crippen molar-refractivity contribution in [3.63, 3.8) is 0 Å². The number of ether oxygens (including phenoxy) is 2. The number of carbonyl (C=O) groups excluding carboxylic acids is 2. The number of amides is 2. The maximum absolute atomic E-state index is 13.9. The number of hydrazine groups is 1. The number of nitrogens with zero attached hydrogens (tertiary/aromatic N) is 1. The number of nitrogens with one attached hydrogen (secondary N) is 2. The molecule has 1 heterocycles. The van der Waals surface area contributed by atoms with Crippen LogP contribution in [0.3, 0.4) is 0 Å². The number of benzene rings is 3. The summed E-state index contributed by atoms with van der Waals surface area (Å²) in [5.74, 6) is -2.39. The smallest absolute Gasteiger partial charge is 0.272 e. The molecule has 0 aliphatic carbocycles. The molecule has 0 saturated heterocycles. The van der Waals surface area contributed by atoms with Gasteiger partial charge in [0.2, 0.25) is 0 Å². The van der Waals surface area contributed by atoms with Gasteiger partial charge < -0.3 is 9.47 Å². The second-order valence-electron chi connectivity index (χ2n) is 7.17. The quantitative estimate of drug-likeness (QED) is 0.432. The average Bonchev–Trinajstić information content (AvgIpc) is 2.85. The number of fused-ring (bicyclic) bond motifs is 1. The number of methoxy groups -OCH3 is 2. The van der Waals surface area contributed by atoms with Gasteiger partial charge in [-0.15, -0.1) is 0 Å². The highest BCUT2D eigenvalue weighted by molar-refractivity contribution is 6.08. The number of rotatable bonds is 5. The SMILES string of the molecule is COc1ccc(-c2cc(C(=O)NNC(=O)c3ccc(F)cc3F)c3ccccc3n2)cc1OC. The highest BCUT2D eigenvalue weighted by atomic mass is 19.1. The lowest BCUT2D eigenvalue weighted by Crippen LogP contribution is -2.42. The van der Waals surface area contributed by atoms with E-state index in [9.17, 15) is 18.4 Å². The summed E-state index contributed by atoms with van der Waals surface area (Å²) in [7, 11) is 3.04. The zero-order valence-corrected chi connectivity index (χ0v) is 18.2. The van der Waals surface area contributed by atoms with Gasteiger partial charge in [0.15, 0.2) is 11.5 Å². The zero-order chi connectivity index (χ0) is 24.2. The van der Waals surface area contributed by atoms with Crippen molar-refractivity contribution in [1.29, 1.82) is 0 Å². The molecule has 0 aliphatic rings. The van der Waals surface area contributed by atoms with E-state index in [-0.39, 0.29) is 5.56 Å². The topological polar surface area (TPSA) is 89.6 Å². The lowest BCUT2D eigenvalue weighted by molar-refractivity contribution is 0.0845. The molecule has 0 atom stereocenters. The summed E-state index contributed by atoms with van der Waals surface area (Å²) < 4.78 is 37.6. The van der Waals surface area contributed by atoms with E-state index in [2.05, 4.69) is 15.8 Å². The lowest BCUT2D eigenvalue weighted by atomic mass is 10.0. The third-order valence-electron chi connectivity index (χ3n) is 5.11. The fourth-order valence-electron chi connectivity index (χ4n) is 3.43. The fraction of sp³-hybridized carbons (Fsp3) is 0.0800. The molecule has 34 heavy (non-hydrogen) atoms. The van der Waals surface area contributed by atoms with Gasteiger partial charge >= 0.3 is 0 Å². The molecular weight excluding hydrogens is 444 g/mol. The number of carbonyl (C=O) groups is 2. The van der Waals surface area contributed by atoms with Crippen LogP contribution in [0.1, 0.15) is 20.7 Å². The molecule has 7 nitrogen and oxygen atoms in total. The van der Waals surface area contributed by atoms with Gasteiger partial charge in [-0.3, -0.25) is 20.4 Å². The van der Waals surface area contributed by atoms with Crippen molar-refractivity contribution in [2.45, 2.75) is 0 Å². The van der Waals surface area contributed by atoms with Crippen LogP contribution in [0.25, 0.3) is 22.2 Å². The molecule has 0 bridgehead atoms. The number of hydrogen-bond acceptors (Lipinski definition) is 5. The molecule has 2 N–H and O–H groups in total. The Balaban J connectivity index is 1.66. The van der Waals surface area contributed by atoms with Gasteiger partial charge in [0, 0.05) is 17.0 Å². The van der Waals surface area contributed by atoms with Crippen LogP contribution < -0.4 is 20.3 Å². The molecule has 0 radical (unpaired) electrons. The van der Waals surface area contributed by atoms with E-state index in [0.29, 0.717) is 39.7 Å². The Kier molecular flexibility index (Phi) is 6.35. The Morgan fingerprint density at radius 3 is 2.21 bits per heavy atom. The molecule has 9 heteroatoms. The predicted molar refractivity (Wildman–Crippen MR) is 122 cm³/mol. The summed E-state index contributed by atoms with van der Waals surface area (Å²) >= 11 is 0. The molecular formula is C25H19F2N3O4. The van der Waals surface area contributed by atoms with Crippen LogP contribution in [0.4, 0.5) is 8.78 Å². The largest absolute Gasteiger partial charge is 0.493 e. The fourth-order valence-corrected chi connectivity index (χ4v) is 3.43. The molecule has 2 amide bonds. The molecule has 0 saturated carbocycles. The van der Waals surface area contributed by atoms with E-state index in [4.69, 9.17) is 9.47 Å². The Morgan fingerprint density at radius 2 is 1.50 bits per heavy atom. The highest BCUT2D eigenvalue weighted by Crippen LogP contribution is 2.33. The van der Waals surface area contributed by atoms with Gasteiger partial charge in [-0.2, -0.15) is 0 Å². The van der Waals surface area contributed by atoms with Crippen molar-refractivity contribution in [1.82, 2.24) is 15.8 Å². The Hall–Kier alpha value is -4.53. The van der Waals surface area contributed by atoms with Crippen LogP contribution in [0, 0.1) is 11.6 Å². The van der Waals surface area contributed by atoms with Crippen LogP contribution in [-0.4, -0.2) is 31.0 Å². The monoisotopic (exact) mass is 463 g/mol. The summed E-state index contributed by atoms with van der Waals surface area (Å²) in [4.78, 5) is 29.9. The summed E-state index contributed by atoms with van der Waals surface area (Å²) in [6.07, 6.45) is 0. The normalized spacial score (nSPS) is 10.6. The van der Waals surface area contributed by atoms with E-state index >= 15 is 0 Å². The molecule has 172 valence electrons. The molecule has 0 fully saturated rings. The number of aromatic nitrogens is 1. The van der Waals surface area contributed by atoms with E-state index in [1.165, 1.54) is 14.2 Å². The van der Waals surface area contributed by atoms with Gasteiger partial charge in [0.1, 0.15) is 11.6 Å². The van der Waals surface area contributed by atoms with Gasteiger partial charge in [0.25, 0.3) is 11.8 Å². The van der Waals surface area contributed by atoms with Crippen LogP contribution in [0.5, 0.6) is 11.5 Å². The molecule has 1 aromatic heterocycles. The van der Waals surface area contributed by atoms with Crippen LogP contribution in [-0.2, 0) is 0 Å². The standard InChI is InChI=1S/C25H19F2N3O4/c1-33-22-10-7-14(11-23(22)34-2)21-13-18(16-5-3-4-6-20(16)28-21)25(32)30-29-24(31)17-9-8-15(26)12-19(17)27/h3-13H,1-2H3,(H,29,31)(H,30,32). The lowest BCUT2D eigenvalue weighted by Gasteiger charge is -2.13. The minimum Gasteiger partial charge on any atom is -0.493 e. The van der Waals surface area contributed by atoms with Crippen molar-refractivity contribution < 1.29 is 27.8 Å². The Bertz CT molecular complexity index is 1410. The first-order chi connectivity index (χ1) is 16.4. The van der Waals surface area contributed by atoms with Crippen molar-refractivity contribution in [3.05, 3.63) is 89.5 Å². The van der Waals surface area contributed by atoms with Gasteiger partial charge in [-0.25, -0.2) is 13.8 Å². The average molecular weight is 463 g/mol. The summed E-state index contributed by atoms with van der Waals surface area (Å²) in [6, 6.07) is 16.3.